The normalized spacial score (nSPS) is 13.3. The van der Waals surface area contributed by atoms with Crippen molar-refractivity contribution < 1.29 is 23.4 Å². The molecule has 0 spiro atoms. The Bertz CT molecular complexity index is 1130. The van der Waals surface area contributed by atoms with Gasteiger partial charge in [0.05, 0.1) is 13.3 Å². The van der Waals surface area contributed by atoms with Gasteiger partial charge in [-0.15, -0.1) is 0 Å². The summed E-state index contributed by atoms with van der Waals surface area (Å²) in [6, 6.07) is 6.39. The maximum atomic E-state index is 14.0. The average Bonchev–Trinajstić information content (AvgIpc) is 3.17. The van der Waals surface area contributed by atoms with Crippen molar-refractivity contribution in [2.24, 2.45) is 7.05 Å². The number of pyridine rings is 1. The van der Waals surface area contributed by atoms with Crippen LogP contribution >= 0.6 is 0 Å². The topological polar surface area (TPSA) is 92.5 Å². The SMILES string of the molecule is COc1cc(NC(=O)O)nc(N2CCCc3cc(-c4cnn(C)c4)c(C(F)F)cc32)c1. The quantitative estimate of drug-likeness (QED) is 0.616. The predicted molar refractivity (Wildman–Crippen MR) is 111 cm³/mol. The third-order valence-corrected chi connectivity index (χ3v) is 5.15. The molecule has 0 bridgehead atoms. The van der Waals surface area contributed by atoms with E-state index in [9.17, 15) is 13.6 Å². The van der Waals surface area contributed by atoms with Gasteiger partial charge in [-0.05, 0) is 36.1 Å². The highest BCUT2D eigenvalue weighted by atomic mass is 19.3. The van der Waals surface area contributed by atoms with Gasteiger partial charge in [0.2, 0.25) is 0 Å². The third kappa shape index (κ3) is 4.14. The number of benzene rings is 1. The summed E-state index contributed by atoms with van der Waals surface area (Å²) in [6.07, 6.45) is 0.864. The van der Waals surface area contributed by atoms with Gasteiger partial charge in [0.25, 0.3) is 6.43 Å². The Labute approximate surface area is 177 Å². The van der Waals surface area contributed by atoms with E-state index >= 15 is 0 Å². The molecule has 10 heteroatoms. The summed E-state index contributed by atoms with van der Waals surface area (Å²) in [5, 5.41) is 15.3. The standard InChI is InChI=1S/C21H21F2N5O3/c1-27-11-13(10-24-27)15-6-12-4-3-5-28(17(12)9-16(15)20(22)23)19-8-14(31-2)7-18(25-19)26-21(29)30/h6-11,20H,3-5H2,1-2H3,(H,25,26)(H,29,30). The van der Waals surface area contributed by atoms with Crippen LogP contribution in [0.1, 0.15) is 24.0 Å². The van der Waals surface area contributed by atoms with Crippen LogP contribution < -0.4 is 15.0 Å². The van der Waals surface area contributed by atoms with Gasteiger partial charge in [-0.3, -0.25) is 10.00 Å². The average molecular weight is 429 g/mol. The van der Waals surface area contributed by atoms with Gasteiger partial charge in [0.1, 0.15) is 17.4 Å². The molecule has 4 rings (SSSR count). The molecule has 0 saturated heterocycles. The molecule has 1 aliphatic rings. The summed E-state index contributed by atoms with van der Waals surface area (Å²) in [5.74, 6) is 0.912. The summed E-state index contributed by atoms with van der Waals surface area (Å²) in [7, 11) is 3.20. The number of nitrogens with zero attached hydrogens (tertiary/aromatic N) is 4. The fraction of sp³-hybridized carbons (Fsp3) is 0.286. The minimum absolute atomic E-state index is 0.0922. The van der Waals surface area contributed by atoms with Crippen molar-refractivity contribution in [3.05, 3.63) is 47.8 Å². The Kier molecular flexibility index (Phi) is 5.45. The van der Waals surface area contributed by atoms with Crippen LogP contribution in [0.5, 0.6) is 5.75 Å². The zero-order valence-electron chi connectivity index (χ0n) is 17.0. The Hall–Kier alpha value is -3.69. The molecule has 1 amide bonds. The number of carbonyl (C=O) groups is 1. The van der Waals surface area contributed by atoms with Gasteiger partial charge in [0, 0.05) is 48.7 Å². The number of fused-ring (bicyclic) bond motifs is 1. The summed E-state index contributed by atoms with van der Waals surface area (Å²) >= 11 is 0. The van der Waals surface area contributed by atoms with Gasteiger partial charge in [0.15, 0.2) is 0 Å². The van der Waals surface area contributed by atoms with Crippen molar-refractivity contribution in [3.63, 3.8) is 0 Å². The number of rotatable bonds is 5. The first kappa shape index (κ1) is 20.6. The third-order valence-electron chi connectivity index (χ3n) is 5.15. The number of ether oxygens (including phenoxy) is 1. The molecule has 31 heavy (non-hydrogen) atoms. The number of halogens is 2. The Morgan fingerprint density at radius 3 is 2.74 bits per heavy atom. The molecular formula is C21H21F2N5O3. The lowest BCUT2D eigenvalue weighted by molar-refractivity contribution is 0.152. The van der Waals surface area contributed by atoms with Crippen LogP contribution in [0.4, 0.5) is 30.9 Å². The second-order valence-electron chi connectivity index (χ2n) is 7.21. The first-order valence-corrected chi connectivity index (χ1v) is 9.63. The highest BCUT2D eigenvalue weighted by Gasteiger charge is 2.26. The van der Waals surface area contributed by atoms with Crippen molar-refractivity contribution in [1.82, 2.24) is 14.8 Å². The number of carboxylic acid groups (broad SMARTS) is 1. The van der Waals surface area contributed by atoms with E-state index in [-0.39, 0.29) is 11.4 Å². The first-order valence-electron chi connectivity index (χ1n) is 9.63. The molecule has 0 atom stereocenters. The van der Waals surface area contributed by atoms with Crippen LogP contribution in [0.3, 0.4) is 0 Å². The number of hydrogen-bond donors (Lipinski definition) is 2. The van der Waals surface area contributed by atoms with Crippen LogP contribution in [-0.2, 0) is 13.5 Å². The van der Waals surface area contributed by atoms with E-state index in [2.05, 4.69) is 15.4 Å². The molecule has 162 valence electrons. The first-order chi connectivity index (χ1) is 14.9. The van der Waals surface area contributed by atoms with E-state index < -0.39 is 12.5 Å². The van der Waals surface area contributed by atoms with Gasteiger partial charge in [-0.25, -0.2) is 18.6 Å². The number of amides is 1. The van der Waals surface area contributed by atoms with Crippen LogP contribution in [0.2, 0.25) is 0 Å². The largest absolute Gasteiger partial charge is 0.496 e. The molecule has 0 aliphatic carbocycles. The zero-order valence-corrected chi connectivity index (χ0v) is 17.0. The van der Waals surface area contributed by atoms with Gasteiger partial charge >= 0.3 is 6.09 Å². The smallest absolute Gasteiger partial charge is 0.410 e. The minimum atomic E-state index is -2.67. The Morgan fingerprint density at radius 1 is 1.29 bits per heavy atom. The van der Waals surface area contributed by atoms with Crippen LogP contribution in [-0.4, -0.2) is 39.6 Å². The van der Waals surface area contributed by atoms with Crippen LogP contribution in [0, 0.1) is 0 Å². The van der Waals surface area contributed by atoms with E-state index in [1.165, 1.54) is 19.2 Å². The van der Waals surface area contributed by atoms with E-state index in [1.54, 1.807) is 36.3 Å². The maximum absolute atomic E-state index is 14.0. The number of alkyl halides is 2. The fourth-order valence-corrected chi connectivity index (χ4v) is 3.80. The van der Waals surface area contributed by atoms with Crippen LogP contribution in [0.25, 0.3) is 11.1 Å². The van der Waals surface area contributed by atoms with Gasteiger partial charge < -0.3 is 14.7 Å². The number of aromatic nitrogens is 3. The lowest BCUT2D eigenvalue weighted by atomic mass is 9.93. The lowest BCUT2D eigenvalue weighted by Gasteiger charge is -2.32. The van der Waals surface area contributed by atoms with Crippen molar-refractivity contribution >= 4 is 23.4 Å². The fourth-order valence-electron chi connectivity index (χ4n) is 3.80. The molecule has 3 heterocycles. The molecule has 0 unspecified atom stereocenters. The second-order valence-corrected chi connectivity index (χ2v) is 7.21. The molecule has 0 fully saturated rings. The number of aryl methyl sites for hydroxylation is 2. The van der Waals surface area contributed by atoms with E-state index in [4.69, 9.17) is 9.84 Å². The van der Waals surface area contributed by atoms with Crippen molar-refractivity contribution in [2.45, 2.75) is 19.3 Å². The number of anilines is 3. The molecule has 3 aromatic rings. The van der Waals surface area contributed by atoms with Crippen molar-refractivity contribution in [1.29, 1.82) is 0 Å². The van der Waals surface area contributed by atoms with E-state index in [0.29, 0.717) is 34.9 Å². The van der Waals surface area contributed by atoms with Crippen molar-refractivity contribution in [3.8, 4) is 16.9 Å². The zero-order chi connectivity index (χ0) is 22.1. The Balaban J connectivity index is 1.83. The lowest BCUT2D eigenvalue weighted by Crippen LogP contribution is -2.26. The summed E-state index contributed by atoms with van der Waals surface area (Å²) in [4.78, 5) is 17.2. The molecule has 1 aliphatic heterocycles. The van der Waals surface area contributed by atoms with E-state index in [0.717, 1.165) is 18.4 Å². The van der Waals surface area contributed by atoms with Gasteiger partial charge in [-0.1, -0.05) is 0 Å². The molecule has 0 saturated carbocycles. The molecule has 1 aromatic carbocycles. The summed E-state index contributed by atoms with van der Waals surface area (Å²) in [6.45, 7) is 0.550. The molecule has 0 radical (unpaired) electrons. The maximum Gasteiger partial charge on any atom is 0.410 e. The van der Waals surface area contributed by atoms with E-state index in [1.807, 2.05) is 4.90 Å². The monoisotopic (exact) mass is 429 g/mol. The molecule has 8 nitrogen and oxygen atoms in total. The molecule has 2 aromatic heterocycles. The van der Waals surface area contributed by atoms with Gasteiger partial charge in [-0.2, -0.15) is 5.10 Å². The minimum Gasteiger partial charge on any atom is -0.496 e. The molecular weight excluding hydrogens is 408 g/mol. The second kappa shape index (κ2) is 8.21. The predicted octanol–water partition coefficient (Wildman–Crippen LogP) is 4.60. The highest BCUT2D eigenvalue weighted by molar-refractivity contribution is 5.83. The number of nitrogens with one attached hydrogen (secondary N) is 1. The number of methoxy groups -OCH3 is 1. The van der Waals surface area contributed by atoms with Crippen LogP contribution in [0.15, 0.2) is 36.7 Å². The highest BCUT2D eigenvalue weighted by Crippen LogP contribution is 2.41. The Morgan fingerprint density at radius 2 is 2.10 bits per heavy atom. The number of hydrogen-bond acceptors (Lipinski definition) is 5. The van der Waals surface area contributed by atoms with Crippen molar-refractivity contribution in [2.75, 3.05) is 23.9 Å². The summed E-state index contributed by atoms with van der Waals surface area (Å²) < 4.78 is 34.8. The molecule has 2 N–H and O–H groups in total. The summed E-state index contributed by atoms with van der Waals surface area (Å²) in [5.41, 5.74) is 2.52.